The molecule has 0 bridgehead atoms. The second-order valence-electron chi connectivity index (χ2n) is 2.03. The van der Waals surface area contributed by atoms with E-state index in [1.807, 2.05) is 0 Å². The number of halogens is 1. The summed E-state index contributed by atoms with van der Waals surface area (Å²) < 4.78 is 5.18. The van der Waals surface area contributed by atoms with Crippen molar-refractivity contribution in [1.29, 1.82) is 0 Å². The largest absolute Gasteiger partial charge is 0.504 e. The zero-order chi connectivity index (χ0) is 9.14. The molecule has 12 heavy (non-hydrogen) atoms. The number of carbonyl (C=O) groups is 1. The molecule has 1 aromatic carbocycles. The van der Waals surface area contributed by atoms with Crippen molar-refractivity contribution in [2.24, 2.45) is 5.73 Å². The molecule has 1 aromatic rings. The molecular weight excluding hydrogens is 226 g/mol. The smallest absolute Gasteiger partial charge is 0.410 e. The highest BCUT2D eigenvalue weighted by Gasteiger charge is 2.05. The fourth-order valence-electron chi connectivity index (χ4n) is 0.678. The van der Waals surface area contributed by atoms with Crippen LogP contribution in [0.15, 0.2) is 22.7 Å². The molecule has 0 radical (unpaired) electrons. The van der Waals surface area contributed by atoms with E-state index < -0.39 is 6.09 Å². The molecule has 0 aromatic heterocycles. The molecule has 0 aliphatic heterocycles. The normalized spacial score (nSPS) is 9.42. The summed E-state index contributed by atoms with van der Waals surface area (Å²) in [6.45, 7) is 0. The average Bonchev–Trinajstić information content (AvgIpc) is 1.96. The summed E-state index contributed by atoms with van der Waals surface area (Å²) in [7, 11) is 0. The third kappa shape index (κ3) is 2.13. The van der Waals surface area contributed by atoms with Crippen molar-refractivity contribution in [2.45, 2.75) is 0 Å². The van der Waals surface area contributed by atoms with E-state index in [0.29, 0.717) is 4.47 Å². The van der Waals surface area contributed by atoms with Gasteiger partial charge in [0.1, 0.15) is 0 Å². The van der Waals surface area contributed by atoms with Crippen LogP contribution in [-0.2, 0) is 0 Å². The van der Waals surface area contributed by atoms with Crippen LogP contribution in [0.25, 0.3) is 0 Å². The van der Waals surface area contributed by atoms with Crippen LogP contribution in [0.2, 0.25) is 0 Å². The number of rotatable bonds is 1. The number of phenolic OH excluding ortho intramolecular Hbond substituents is 1. The summed E-state index contributed by atoms with van der Waals surface area (Å²) in [5.41, 5.74) is 4.76. The van der Waals surface area contributed by atoms with Crippen molar-refractivity contribution in [3.63, 3.8) is 0 Å². The van der Waals surface area contributed by atoms with Gasteiger partial charge in [-0.05, 0) is 18.2 Å². The number of nitrogens with two attached hydrogens (primary N) is 1. The van der Waals surface area contributed by atoms with Crippen LogP contribution >= 0.6 is 15.9 Å². The zero-order valence-corrected chi connectivity index (χ0v) is 7.54. The number of carbonyl (C=O) groups excluding carboxylic acids is 1. The maximum Gasteiger partial charge on any atom is 0.410 e. The number of amides is 1. The van der Waals surface area contributed by atoms with Gasteiger partial charge in [0.2, 0.25) is 0 Å². The van der Waals surface area contributed by atoms with Crippen LogP contribution < -0.4 is 10.5 Å². The van der Waals surface area contributed by atoms with Crippen molar-refractivity contribution in [2.75, 3.05) is 0 Å². The Kier molecular flexibility index (Phi) is 2.54. The van der Waals surface area contributed by atoms with Gasteiger partial charge in [0.15, 0.2) is 11.5 Å². The molecule has 4 nitrogen and oxygen atoms in total. The molecular formula is C7H6BrNO3. The molecule has 0 aliphatic rings. The van der Waals surface area contributed by atoms with E-state index in [1.165, 1.54) is 12.1 Å². The predicted octanol–water partition coefficient (Wildman–Crippen LogP) is 1.61. The topological polar surface area (TPSA) is 72.6 Å². The summed E-state index contributed by atoms with van der Waals surface area (Å²) in [5, 5.41) is 9.13. The van der Waals surface area contributed by atoms with Crippen molar-refractivity contribution in [3.8, 4) is 11.5 Å². The quantitative estimate of drug-likeness (QED) is 0.772. The van der Waals surface area contributed by atoms with Gasteiger partial charge >= 0.3 is 6.09 Å². The lowest BCUT2D eigenvalue weighted by Crippen LogP contribution is -2.16. The monoisotopic (exact) mass is 231 g/mol. The SMILES string of the molecule is NC(=O)Oc1cc(Br)ccc1O. The van der Waals surface area contributed by atoms with Crippen LogP contribution in [0, 0.1) is 0 Å². The van der Waals surface area contributed by atoms with E-state index in [-0.39, 0.29) is 11.5 Å². The number of phenols is 1. The minimum atomic E-state index is -0.955. The van der Waals surface area contributed by atoms with Crippen molar-refractivity contribution in [1.82, 2.24) is 0 Å². The van der Waals surface area contributed by atoms with Crippen LogP contribution in [-0.4, -0.2) is 11.2 Å². The summed E-state index contributed by atoms with van der Waals surface area (Å²) >= 11 is 3.14. The molecule has 0 atom stereocenters. The van der Waals surface area contributed by atoms with Gasteiger partial charge < -0.3 is 15.6 Å². The van der Waals surface area contributed by atoms with Gasteiger partial charge in [0.05, 0.1) is 0 Å². The van der Waals surface area contributed by atoms with Gasteiger partial charge in [-0.2, -0.15) is 0 Å². The molecule has 1 rings (SSSR count). The Balaban J connectivity index is 2.97. The number of primary amides is 1. The van der Waals surface area contributed by atoms with Gasteiger partial charge in [0, 0.05) is 4.47 Å². The van der Waals surface area contributed by atoms with E-state index in [1.54, 1.807) is 6.07 Å². The molecule has 0 heterocycles. The maximum atomic E-state index is 10.3. The molecule has 0 aliphatic carbocycles. The van der Waals surface area contributed by atoms with E-state index in [4.69, 9.17) is 10.8 Å². The van der Waals surface area contributed by atoms with E-state index in [2.05, 4.69) is 20.7 Å². The second-order valence-corrected chi connectivity index (χ2v) is 2.95. The second kappa shape index (κ2) is 3.44. The first-order chi connectivity index (χ1) is 5.59. The Morgan fingerprint density at radius 2 is 2.25 bits per heavy atom. The van der Waals surface area contributed by atoms with Gasteiger partial charge in [-0.25, -0.2) is 4.79 Å². The fraction of sp³-hybridized carbons (Fsp3) is 0. The minimum Gasteiger partial charge on any atom is -0.504 e. The van der Waals surface area contributed by atoms with Crippen LogP contribution in [0.1, 0.15) is 0 Å². The van der Waals surface area contributed by atoms with Crippen LogP contribution in [0.5, 0.6) is 11.5 Å². The molecule has 0 spiro atoms. The van der Waals surface area contributed by atoms with Gasteiger partial charge in [-0.3, -0.25) is 0 Å². The van der Waals surface area contributed by atoms with Crippen LogP contribution in [0.3, 0.4) is 0 Å². The van der Waals surface area contributed by atoms with Gasteiger partial charge in [-0.1, -0.05) is 15.9 Å². The third-order valence-electron chi connectivity index (χ3n) is 1.13. The Morgan fingerprint density at radius 1 is 1.58 bits per heavy atom. The Hall–Kier alpha value is -1.23. The van der Waals surface area contributed by atoms with Crippen LogP contribution in [0.4, 0.5) is 4.79 Å². The zero-order valence-electron chi connectivity index (χ0n) is 5.95. The minimum absolute atomic E-state index is 0.0388. The lowest BCUT2D eigenvalue weighted by atomic mass is 10.3. The number of hydrogen-bond donors (Lipinski definition) is 2. The van der Waals surface area contributed by atoms with E-state index >= 15 is 0 Å². The summed E-state index contributed by atoms with van der Waals surface area (Å²) in [4.78, 5) is 10.3. The third-order valence-corrected chi connectivity index (χ3v) is 1.63. The predicted molar refractivity (Wildman–Crippen MR) is 46.0 cm³/mol. The first kappa shape index (κ1) is 8.86. The Bertz CT molecular complexity index is 314. The first-order valence-electron chi connectivity index (χ1n) is 3.05. The lowest BCUT2D eigenvalue weighted by molar-refractivity contribution is 0.209. The average molecular weight is 232 g/mol. The summed E-state index contributed by atoms with van der Waals surface area (Å²) in [6.07, 6.45) is -0.955. The molecule has 0 unspecified atom stereocenters. The van der Waals surface area contributed by atoms with Crippen molar-refractivity contribution >= 4 is 22.0 Å². The lowest BCUT2D eigenvalue weighted by Gasteiger charge is -2.02. The van der Waals surface area contributed by atoms with E-state index in [0.717, 1.165) is 0 Å². The fourth-order valence-corrected chi connectivity index (χ4v) is 1.02. The highest BCUT2D eigenvalue weighted by Crippen LogP contribution is 2.28. The highest BCUT2D eigenvalue weighted by atomic mass is 79.9. The molecule has 5 heteroatoms. The standard InChI is InChI=1S/C7H6BrNO3/c8-4-1-2-5(10)6(3-4)12-7(9)11/h1-3,10H,(H2,9,11). The first-order valence-corrected chi connectivity index (χ1v) is 3.84. The summed E-state index contributed by atoms with van der Waals surface area (Å²) in [6, 6.07) is 4.45. The Morgan fingerprint density at radius 3 is 2.83 bits per heavy atom. The molecule has 1 amide bonds. The molecule has 0 saturated heterocycles. The number of hydrogen-bond acceptors (Lipinski definition) is 3. The van der Waals surface area contributed by atoms with Gasteiger partial charge in [-0.15, -0.1) is 0 Å². The Labute approximate surface area is 77.1 Å². The number of benzene rings is 1. The van der Waals surface area contributed by atoms with Gasteiger partial charge in [0.25, 0.3) is 0 Å². The molecule has 3 N–H and O–H groups in total. The molecule has 64 valence electrons. The highest BCUT2D eigenvalue weighted by molar-refractivity contribution is 9.10. The summed E-state index contributed by atoms with van der Waals surface area (Å²) in [5.74, 6) is -0.0890. The maximum absolute atomic E-state index is 10.3. The molecule has 0 fully saturated rings. The number of ether oxygens (including phenoxy) is 1. The van der Waals surface area contributed by atoms with Crippen molar-refractivity contribution in [3.05, 3.63) is 22.7 Å². The van der Waals surface area contributed by atoms with Crippen molar-refractivity contribution < 1.29 is 14.6 Å². The molecule has 0 saturated carbocycles. The van der Waals surface area contributed by atoms with E-state index in [9.17, 15) is 4.79 Å². The number of aromatic hydroxyl groups is 1.